The van der Waals surface area contributed by atoms with Crippen molar-refractivity contribution in [2.24, 2.45) is 11.8 Å². The molecule has 3 unspecified atom stereocenters. The predicted molar refractivity (Wildman–Crippen MR) is 77.8 cm³/mol. The molecule has 3 aliphatic rings. The second kappa shape index (κ2) is 4.91. The molecule has 1 amide bonds. The summed E-state index contributed by atoms with van der Waals surface area (Å²) in [7, 11) is 0. The molecule has 0 bridgehead atoms. The summed E-state index contributed by atoms with van der Waals surface area (Å²) in [6.45, 7) is 6.07. The van der Waals surface area contributed by atoms with E-state index in [0.717, 1.165) is 19.6 Å². The third kappa shape index (κ3) is 1.99. The molecule has 0 spiro atoms. The van der Waals surface area contributed by atoms with Gasteiger partial charge in [0.2, 0.25) is 0 Å². The molecule has 2 saturated heterocycles. The van der Waals surface area contributed by atoms with Crippen LogP contribution in [0.2, 0.25) is 0 Å². The van der Waals surface area contributed by atoms with Gasteiger partial charge in [-0.3, -0.25) is 4.79 Å². The Morgan fingerprint density at radius 1 is 1.29 bits per heavy atom. The number of carbonyl (C=O) groups is 1. The lowest BCUT2D eigenvalue weighted by Crippen LogP contribution is -2.38. The smallest absolute Gasteiger partial charge is 0.258 e. The van der Waals surface area contributed by atoms with Gasteiger partial charge in [-0.15, -0.1) is 0 Å². The van der Waals surface area contributed by atoms with Gasteiger partial charge in [-0.05, 0) is 30.9 Å². The topological polar surface area (TPSA) is 50.8 Å². The van der Waals surface area contributed by atoms with Crippen molar-refractivity contribution in [1.29, 1.82) is 0 Å². The number of nitrogens with zero attached hydrogens (tertiary/aromatic N) is 1. The number of para-hydroxylation sites is 1. The highest BCUT2D eigenvalue weighted by Gasteiger charge is 2.44. The molecule has 2 fully saturated rings. The van der Waals surface area contributed by atoms with E-state index in [0.29, 0.717) is 42.1 Å². The molecule has 3 heterocycles. The van der Waals surface area contributed by atoms with E-state index in [-0.39, 0.29) is 11.9 Å². The first-order valence-corrected chi connectivity index (χ1v) is 7.66. The highest BCUT2D eigenvalue weighted by molar-refractivity contribution is 5.98. The molecule has 0 radical (unpaired) electrons. The van der Waals surface area contributed by atoms with Crippen LogP contribution in [0.4, 0.5) is 0 Å². The zero-order chi connectivity index (χ0) is 14.4. The zero-order valence-electron chi connectivity index (χ0n) is 12.2. The molecule has 0 saturated carbocycles. The van der Waals surface area contributed by atoms with E-state index in [9.17, 15) is 4.79 Å². The average molecular weight is 288 g/mol. The summed E-state index contributed by atoms with van der Waals surface area (Å²) in [6.07, 6.45) is 0. The minimum absolute atomic E-state index is 0.0688. The largest absolute Gasteiger partial charge is 0.486 e. The van der Waals surface area contributed by atoms with E-state index < -0.39 is 0 Å². The summed E-state index contributed by atoms with van der Waals surface area (Å²) in [5.41, 5.74) is 0.631. The van der Waals surface area contributed by atoms with Crippen LogP contribution in [0, 0.1) is 11.8 Å². The van der Waals surface area contributed by atoms with Crippen molar-refractivity contribution in [3.8, 4) is 11.5 Å². The van der Waals surface area contributed by atoms with E-state index in [2.05, 4.69) is 12.2 Å². The molecule has 3 aliphatic heterocycles. The van der Waals surface area contributed by atoms with E-state index in [1.807, 2.05) is 23.1 Å². The zero-order valence-corrected chi connectivity index (χ0v) is 12.2. The van der Waals surface area contributed by atoms with Crippen LogP contribution in [0.5, 0.6) is 11.5 Å². The number of carbonyl (C=O) groups excluding carboxylic acids is 1. The van der Waals surface area contributed by atoms with Crippen molar-refractivity contribution in [3.05, 3.63) is 23.8 Å². The third-order valence-electron chi connectivity index (χ3n) is 4.99. The van der Waals surface area contributed by atoms with Crippen LogP contribution < -0.4 is 14.8 Å². The summed E-state index contributed by atoms with van der Waals surface area (Å²) in [6, 6.07) is 5.84. The lowest BCUT2D eigenvalue weighted by atomic mass is 9.95. The Hall–Kier alpha value is -1.75. The van der Waals surface area contributed by atoms with Crippen LogP contribution in [-0.2, 0) is 0 Å². The lowest BCUT2D eigenvalue weighted by Gasteiger charge is -2.27. The molecule has 0 aliphatic carbocycles. The summed E-state index contributed by atoms with van der Waals surface area (Å²) in [4.78, 5) is 14.9. The quantitative estimate of drug-likeness (QED) is 0.842. The van der Waals surface area contributed by atoms with E-state index >= 15 is 0 Å². The first kappa shape index (κ1) is 13.0. The highest BCUT2D eigenvalue weighted by Crippen LogP contribution is 2.38. The number of hydrogen-bond acceptors (Lipinski definition) is 4. The van der Waals surface area contributed by atoms with E-state index in [1.165, 1.54) is 0 Å². The van der Waals surface area contributed by atoms with Crippen LogP contribution in [0.3, 0.4) is 0 Å². The second-order valence-electron chi connectivity index (χ2n) is 6.11. The molecular formula is C16H20N2O3. The fourth-order valence-electron chi connectivity index (χ4n) is 3.83. The van der Waals surface area contributed by atoms with Gasteiger partial charge in [-0.25, -0.2) is 0 Å². The maximum Gasteiger partial charge on any atom is 0.258 e. The molecule has 1 aromatic rings. The normalized spacial score (nSPS) is 30.3. The van der Waals surface area contributed by atoms with Gasteiger partial charge in [0.05, 0.1) is 5.56 Å². The molecule has 5 heteroatoms. The fourth-order valence-corrected chi connectivity index (χ4v) is 3.83. The summed E-state index contributed by atoms with van der Waals surface area (Å²) in [5.74, 6) is 2.52. The van der Waals surface area contributed by atoms with Gasteiger partial charge in [-0.1, -0.05) is 6.07 Å². The van der Waals surface area contributed by atoms with Crippen molar-refractivity contribution in [1.82, 2.24) is 10.2 Å². The molecule has 1 N–H and O–H groups in total. The number of amides is 1. The number of fused-ring (bicyclic) bond motifs is 2. The summed E-state index contributed by atoms with van der Waals surface area (Å²) < 4.78 is 11.3. The Morgan fingerprint density at radius 3 is 3.00 bits per heavy atom. The van der Waals surface area contributed by atoms with Crippen LogP contribution in [0.25, 0.3) is 0 Å². The highest BCUT2D eigenvalue weighted by atomic mass is 16.6. The Kier molecular flexibility index (Phi) is 3.03. The Bertz CT molecular complexity index is 575. The number of benzene rings is 1. The van der Waals surface area contributed by atoms with Gasteiger partial charge >= 0.3 is 0 Å². The van der Waals surface area contributed by atoms with E-state index in [1.54, 1.807) is 0 Å². The van der Waals surface area contributed by atoms with Crippen molar-refractivity contribution in [3.63, 3.8) is 0 Å². The minimum atomic E-state index is 0.0688. The average Bonchev–Trinajstić information content (AvgIpc) is 3.09. The van der Waals surface area contributed by atoms with Crippen molar-refractivity contribution >= 4 is 5.91 Å². The summed E-state index contributed by atoms with van der Waals surface area (Å²) >= 11 is 0. The number of likely N-dealkylation sites (tertiary alicyclic amines) is 1. The molecule has 1 aromatic carbocycles. The van der Waals surface area contributed by atoms with Crippen molar-refractivity contribution < 1.29 is 14.3 Å². The molecule has 4 rings (SSSR count). The SMILES string of the molecule is CC1C2CNCC2CN1C(=O)c1cccc2c1OCCO2. The third-order valence-corrected chi connectivity index (χ3v) is 4.99. The van der Waals surface area contributed by atoms with Crippen molar-refractivity contribution in [2.45, 2.75) is 13.0 Å². The van der Waals surface area contributed by atoms with Gasteiger partial charge in [0.25, 0.3) is 5.91 Å². The maximum absolute atomic E-state index is 12.9. The lowest BCUT2D eigenvalue weighted by molar-refractivity contribution is 0.0718. The first-order chi connectivity index (χ1) is 10.3. The number of nitrogens with one attached hydrogen (secondary N) is 1. The molecule has 0 aromatic heterocycles. The van der Waals surface area contributed by atoms with Crippen molar-refractivity contribution in [2.75, 3.05) is 32.8 Å². The molecule has 21 heavy (non-hydrogen) atoms. The van der Waals surface area contributed by atoms with Crippen LogP contribution in [-0.4, -0.2) is 49.7 Å². The molecule has 112 valence electrons. The van der Waals surface area contributed by atoms with Gasteiger partial charge in [0, 0.05) is 25.7 Å². The summed E-state index contributed by atoms with van der Waals surface area (Å²) in [5, 5.41) is 3.42. The standard InChI is InChI=1S/C16H20N2O3/c1-10-13-8-17-7-11(13)9-18(10)16(19)12-3-2-4-14-15(12)21-6-5-20-14/h2-4,10-11,13,17H,5-9H2,1H3. The van der Waals surface area contributed by atoms with Gasteiger partial charge in [-0.2, -0.15) is 0 Å². The Morgan fingerprint density at radius 2 is 2.14 bits per heavy atom. The van der Waals surface area contributed by atoms with Gasteiger partial charge in [0.1, 0.15) is 13.2 Å². The van der Waals surface area contributed by atoms with E-state index in [4.69, 9.17) is 9.47 Å². The minimum Gasteiger partial charge on any atom is -0.486 e. The first-order valence-electron chi connectivity index (χ1n) is 7.66. The number of ether oxygens (including phenoxy) is 2. The van der Waals surface area contributed by atoms with Gasteiger partial charge in [0.15, 0.2) is 11.5 Å². The monoisotopic (exact) mass is 288 g/mol. The predicted octanol–water partition coefficient (Wildman–Crippen LogP) is 1.14. The number of rotatable bonds is 1. The second-order valence-corrected chi connectivity index (χ2v) is 6.11. The number of hydrogen-bond donors (Lipinski definition) is 1. The van der Waals surface area contributed by atoms with Crippen LogP contribution in [0.1, 0.15) is 17.3 Å². The molecule has 3 atom stereocenters. The van der Waals surface area contributed by atoms with Crippen LogP contribution >= 0.6 is 0 Å². The molecular weight excluding hydrogens is 268 g/mol. The molecule has 5 nitrogen and oxygen atoms in total. The van der Waals surface area contributed by atoms with Gasteiger partial charge < -0.3 is 19.7 Å². The fraction of sp³-hybridized carbons (Fsp3) is 0.562. The maximum atomic E-state index is 12.9. The Balaban J connectivity index is 1.64. The van der Waals surface area contributed by atoms with Crippen LogP contribution in [0.15, 0.2) is 18.2 Å². The Labute approximate surface area is 124 Å².